The van der Waals surface area contributed by atoms with E-state index in [4.69, 9.17) is 12.2 Å². The maximum absolute atomic E-state index is 12.8. The number of aromatic nitrogens is 2. The zero-order valence-electron chi connectivity index (χ0n) is 18.1. The molecule has 4 rings (SSSR count). The Labute approximate surface area is 192 Å². The van der Waals surface area contributed by atoms with E-state index in [0.29, 0.717) is 18.8 Å². The summed E-state index contributed by atoms with van der Waals surface area (Å²) in [6, 6.07) is 17.3. The number of nitrogens with zero attached hydrogens (tertiary/aromatic N) is 3. The number of nitrogens with one attached hydrogen (secondary N) is 2. The van der Waals surface area contributed by atoms with Crippen molar-refractivity contribution in [2.75, 3.05) is 29.9 Å². The standard InChI is InChI=1S/C24H27N5O2S/c1-2-28(17-9-4-3-5-10-17)16-8-15-25-21(30)14-13-20-23(31)29-22(26-20)18-11-6-7-12-19(18)27-24(29)32/h3-7,9-12,20,26H,2,8,13-16H2,1H3,(H,25,30). The second-order valence-corrected chi connectivity index (χ2v) is 8.15. The van der Waals surface area contributed by atoms with Gasteiger partial charge in [0.2, 0.25) is 10.7 Å². The second kappa shape index (κ2) is 9.91. The van der Waals surface area contributed by atoms with Crippen molar-refractivity contribution in [2.45, 2.75) is 32.2 Å². The summed E-state index contributed by atoms with van der Waals surface area (Å²) in [5.41, 5.74) is 1.94. The minimum absolute atomic E-state index is 0.0510. The second-order valence-electron chi connectivity index (χ2n) is 7.79. The van der Waals surface area contributed by atoms with Crippen LogP contribution in [0.2, 0.25) is 0 Å². The van der Waals surface area contributed by atoms with Crippen LogP contribution in [-0.2, 0) is 4.79 Å². The fourth-order valence-electron chi connectivity index (χ4n) is 4.04. The number of carbonyl (C=O) groups is 2. The van der Waals surface area contributed by atoms with Gasteiger partial charge in [0.1, 0.15) is 11.9 Å². The number of carbonyl (C=O) groups excluding carboxylic acids is 2. The first-order valence-corrected chi connectivity index (χ1v) is 11.4. The summed E-state index contributed by atoms with van der Waals surface area (Å²) in [6.07, 6.45) is 1.53. The number of para-hydroxylation sites is 2. The smallest absolute Gasteiger partial charge is 0.257 e. The third-order valence-corrected chi connectivity index (χ3v) is 5.98. The minimum Gasteiger partial charge on any atom is -0.372 e. The molecule has 1 aromatic heterocycles. The van der Waals surface area contributed by atoms with Crippen LogP contribution in [0.5, 0.6) is 0 Å². The van der Waals surface area contributed by atoms with Gasteiger partial charge < -0.3 is 15.5 Å². The molecular formula is C24H27N5O2S. The van der Waals surface area contributed by atoms with Gasteiger partial charge in [-0.1, -0.05) is 30.3 Å². The van der Waals surface area contributed by atoms with E-state index in [1.54, 1.807) is 0 Å². The number of anilines is 2. The van der Waals surface area contributed by atoms with Gasteiger partial charge in [-0.2, -0.15) is 0 Å². The molecular weight excluding hydrogens is 422 g/mol. The fourth-order valence-corrected chi connectivity index (χ4v) is 4.32. The third-order valence-electron chi connectivity index (χ3n) is 5.71. The first-order chi connectivity index (χ1) is 15.6. The van der Waals surface area contributed by atoms with Gasteiger partial charge in [-0.05, 0) is 56.2 Å². The van der Waals surface area contributed by atoms with E-state index in [0.717, 1.165) is 30.4 Å². The molecule has 8 heteroatoms. The Hall–Kier alpha value is -3.26. The molecule has 7 nitrogen and oxygen atoms in total. The van der Waals surface area contributed by atoms with Gasteiger partial charge in [0, 0.05) is 37.1 Å². The quantitative estimate of drug-likeness (QED) is 0.380. The molecule has 2 aromatic carbocycles. The summed E-state index contributed by atoms with van der Waals surface area (Å²) >= 11 is 5.32. The summed E-state index contributed by atoms with van der Waals surface area (Å²) in [6.45, 7) is 4.52. The monoisotopic (exact) mass is 449 g/mol. The van der Waals surface area contributed by atoms with Crippen LogP contribution in [0.4, 0.5) is 11.5 Å². The highest BCUT2D eigenvalue weighted by molar-refractivity contribution is 7.71. The molecule has 0 aliphatic carbocycles. The molecule has 0 spiro atoms. The molecule has 1 unspecified atom stereocenters. The van der Waals surface area contributed by atoms with E-state index in [2.05, 4.69) is 39.6 Å². The Kier molecular flexibility index (Phi) is 6.80. The number of amides is 1. The van der Waals surface area contributed by atoms with Crippen LogP contribution in [0.1, 0.15) is 31.0 Å². The van der Waals surface area contributed by atoms with E-state index >= 15 is 0 Å². The van der Waals surface area contributed by atoms with Crippen molar-refractivity contribution in [1.29, 1.82) is 0 Å². The number of hydrogen-bond donors (Lipinski definition) is 2. The van der Waals surface area contributed by atoms with Crippen molar-refractivity contribution in [3.05, 3.63) is 59.4 Å². The van der Waals surface area contributed by atoms with E-state index in [1.165, 1.54) is 10.3 Å². The molecule has 1 amide bonds. The predicted octanol–water partition coefficient (Wildman–Crippen LogP) is 4.01. The normalized spacial score (nSPS) is 14.8. The molecule has 0 saturated carbocycles. The van der Waals surface area contributed by atoms with Crippen LogP contribution in [0.15, 0.2) is 54.6 Å². The summed E-state index contributed by atoms with van der Waals surface area (Å²) in [4.78, 5) is 31.8. The lowest BCUT2D eigenvalue weighted by Crippen LogP contribution is -2.31. The average Bonchev–Trinajstić information content (AvgIpc) is 3.15. The first kappa shape index (κ1) is 22.0. The van der Waals surface area contributed by atoms with Gasteiger partial charge in [0.15, 0.2) is 0 Å². The van der Waals surface area contributed by atoms with Crippen molar-refractivity contribution in [3.8, 4) is 0 Å². The highest BCUT2D eigenvalue weighted by atomic mass is 32.1. The van der Waals surface area contributed by atoms with Crippen LogP contribution in [0.25, 0.3) is 10.9 Å². The minimum atomic E-state index is -0.483. The number of hydrogen-bond acceptors (Lipinski definition) is 6. The molecule has 2 heterocycles. The van der Waals surface area contributed by atoms with Gasteiger partial charge >= 0.3 is 0 Å². The molecule has 2 N–H and O–H groups in total. The van der Waals surface area contributed by atoms with Gasteiger partial charge in [-0.25, -0.2) is 9.55 Å². The summed E-state index contributed by atoms with van der Waals surface area (Å²) in [5.74, 6) is 0.457. The molecule has 1 aliphatic rings. The maximum atomic E-state index is 12.8. The SMILES string of the molecule is CCN(CCCNC(=O)CCC1Nc2c3ccccc3nc(=S)n2C1=O)c1ccccc1. The summed E-state index contributed by atoms with van der Waals surface area (Å²) < 4.78 is 1.69. The van der Waals surface area contributed by atoms with Crippen LogP contribution in [-0.4, -0.2) is 47.0 Å². The van der Waals surface area contributed by atoms with Gasteiger partial charge in [-0.15, -0.1) is 0 Å². The fraction of sp³-hybridized carbons (Fsp3) is 0.333. The van der Waals surface area contributed by atoms with E-state index < -0.39 is 6.04 Å². The Morgan fingerprint density at radius 3 is 2.72 bits per heavy atom. The van der Waals surface area contributed by atoms with Gasteiger partial charge in [0.25, 0.3) is 5.91 Å². The molecule has 32 heavy (non-hydrogen) atoms. The van der Waals surface area contributed by atoms with Crippen LogP contribution < -0.4 is 15.5 Å². The zero-order chi connectivity index (χ0) is 22.5. The Morgan fingerprint density at radius 2 is 1.94 bits per heavy atom. The van der Waals surface area contributed by atoms with Crippen molar-refractivity contribution in [3.63, 3.8) is 0 Å². The largest absolute Gasteiger partial charge is 0.372 e. The topological polar surface area (TPSA) is 79.3 Å². The molecule has 0 bridgehead atoms. The third kappa shape index (κ3) is 4.65. The molecule has 166 valence electrons. The lowest BCUT2D eigenvalue weighted by molar-refractivity contribution is -0.121. The summed E-state index contributed by atoms with van der Waals surface area (Å²) in [7, 11) is 0. The average molecular weight is 450 g/mol. The maximum Gasteiger partial charge on any atom is 0.257 e. The molecule has 1 aliphatic heterocycles. The van der Waals surface area contributed by atoms with Crippen molar-refractivity contribution in [2.24, 2.45) is 0 Å². The Bertz CT molecular complexity index is 1180. The zero-order valence-corrected chi connectivity index (χ0v) is 18.9. The predicted molar refractivity (Wildman–Crippen MR) is 130 cm³/mol. The molecule has 0 fully saturated rings. The highest BCUT2D eigenvalue weighted by Crippen LogP contribution is 2.29. The highest BCUT2D eigenvalue weighted by Gasteiger charge is 2.31. The lowest BCUT2D eigenvalue weighted by atomic mass is 10.1. The lowest BCUT2D eigenvalue weighted by Gasteiger charge is -2.23. The molecule has 1 atom stereocenters. The van der Waals surface area contributed by atoms with Crippen molar-refractivity contribution in [1.82, 2.24) is 14.9 Å². The molecule has 0 saturated heterocycles. The van der Waals surface area contributed by atoms with Gasteiger partial charge in [-0.3, -0.25) is 9.59 Å². The van der Waals surface area contributed by atoms with E-state index in [9.17, 15) is 9.59 Å². The van der Waals surface area contributed by atoms with Gasteiger partial charge in [0.05, 0.1) is 5.52 Å². The van der Waals surface area contributed by atoms with Crippen LogP contribution >= 0.6 is 12.2 Å². The van der Waals surface area contributed by atoms with E-state index in [-0.39, 0.29) is 23.0 Å². The Balaban J connectivity index is 1.26. The Morgan fingerprint density at radius 1 is 1.19 bits per heavy atom. The van der Waals surface area contributed by atoms with Crippen LogP contribution in [0.3, 0.4) is 0 Å². The summed E-state index contributed by atoms with van der Waals surface area (Å²) in [5, 5.41) is 7.07. The number of rotatable bonds is 9. The van der Waals surface area contributed by atoms with Crippen LogP contribution in [0, 0.1) is 4.77 Å². The first-order valence-electron chi connectivity index (χ1n) is 11.0. The van der Waals surface area contributed by atoms with Crippen molar-refractivity contribution >= 4 is 46.4 Å². The van der Waals surface area contributed by atoms with Crippen molar-refractivity contribution < 1.29 is 9.59 Å². The molecule has 3 aromatic rings. The number of benzene rings is 2. The molecule has 0 radical (unpaired) electrons. The van der Waals surface area contributed by atoms with E-state index in [1.807, 2.05) is 42.5 Å². The number of fused-ring (bicyclic) bond motifs is 3.